The molecule has 0 heterocycles. The highest BCUT2D eigenvalue weighted by Gasteiger charge is 2.15. The van der Waals surface area contributed by atoms with Crippen molar-refractivity contribution in [3.8, 4) is 0 Å². The zero-order chi connectivity index (χ0) is 12.8. The molecule has 1 amide bonds. The van der Waals surface area contributed by atoms with Gasteiger partial charge < -0.3 is 4.90 Å². The molecule has 0 unspecified atom stereocenters. The van der Waals surface area contributed by atoms with E-state index in [2.05, 4.69) is 15.9 Å². The van der Waals surface area contributed by atoms with Crippen molar-refractivity contribution in [2.24, 2.45) is 0 Å². The Kier molecular flexibility index (Phi) is 5.55. The molecule has 0 N–H and O–H groups in total. The molecule has 0 aliphatic rings. The maximum Gasteiger partial charge on any atom is 0.253 e. The normalized spacial score (nSPS) is 10.4. The first-order valence-electron chi connectivity index (χ1n) is 5.40. The largest absolute Gasteiger partial charge is 0.339 e. The number of rotatable bonds is 5. The molecule has 1 aromatic carbocycles. The number of halogens is 3. The predicted molar refractivity (Wildman–Crippen MR) is 66.3 cm³/mol. The van der Waals surface area contributed by atoms with Gasteiger partial charge >= 0.3 is 0 Å². The molecule has 0 saturated heterocycles. The molecule has 0 fully saturated rings. The number of hydrogen-bond acceptors (Lipinski definition) is 1. The molecule has 17 heavy (non-hydrogen) atoms. The maximum atomic E-state index is 13.0. The van der Waals surface area contributed by atoms with Gasteiger partial charge in [-0.1, -0.05) is 15.9 Å². The van der Waals surface area contributed by atoms with E-state index in [9.17, 15) is 13.6 Å². The van der Waals surface area contributed by atoms with Crippen LogP contribution in [0.4, 0.5) is 8.78 Å². The number of benzene rings is 1. The Morgan fingerprint density at radius 1 is 1.35 bits per heavy atom. The lowest BCUT2D eigenvalue weighted by atomic mass is 10.2. The van der Waals surface area contributed by atoms with Crippen LogP contribution in [0.5, 0.6) is 0 Å². The minimum absolute atomic E-state index is 0.181. The molecule has 0 radical (unpaired) electrons. The third-order valence-electron chi connectivity index (χ3n) is 2.40. The summed E-state index contributed by atoms with van der Waals surface area (Å²) in [5.41, 5.74) is 0.181. The van der Waals surface area contributed by atoms with E-state index in [1.807, 2.05) is 6.92 Å². The van der Waals surface area contributed by atoms with Crippen LogP contribution in [0, 0.1) is 11.6 Å². The summed E-state index contributed by atoms with van der Waals surface area (Å²) >= 11 is 3.29. The van der Waals surface area contributed by atoms with Gasteiger partial charge in [0.15, 0.2) is 11.6 Å². The lowest BCUT2D eigenvalue weighted by Crippen LogP contribution is -2.32. The molecular formula is C12H14BrF2NO. The van der Waals surface area contributed by atoms with E-state index >= 15 is 0 Å². The van der Waals surface area contributed by atoms with Gasteiger partial charge in [0.1, 0.15) is 0 Å². The van der Waals surface area contributed by atoms with Crippen LogP contribution in [0.25, 0.3) is 0 Å². The molecule has 0 aliphatic heterocycles. The van der Waals surface area contributed by atoms with E-state index in [1.54, 1.807) is 4.90 Å². The second kappa shape index (κ2) is 6.69. The average molecular weight is 306 g/mol. The highest BCUT2D eigenvalue weighted by atomic mass is 79.9. The van der Waals surface area contributed by atoms with Crippen molar-refractivity contribution >= 4 is 21.8 Å². The summed E-state index contributed by atoms with van der Waals surface area (Å²) < 4.78 is 25.7. The van der Waals surface area contributed by atoms with Crippen molar-refractivity contribution in [3.05, 3.63) is 35.4 Å². The smallest absolute Gasteiger partial charge is 0.253 e. The van der Waals surface area contributed by atoms with Crippen LogP contribution in [0.2, 0.25) is 0 Å². The van der Waals surface area contributed by atoms with Crippen LogP contribution in [0.3, 0.4) is 0 Å². The van der Waals surface area contributed by atoms with Crippen LogP contribution < -0.4 is 0 Å². The molecule has 0 atom stereocenters. The van der Waals surface area contributed by atoms with Crippen LogP contribution in [0.1, 0.15) is 23.7 Å². The van der Waals surface area contributed by atoms with E-state index < -0.39 is 11.6 Å². The standard InChI is InChI=1S/C12H14BrF2NO/c1-2-16(7-3-6-13)12(17)9-4-5-10(14)11(15)8-9/h4-5,8H,2-3,6-7H2,1H3. The van der Waals surface area contributed by atoms with Crippen molar-refractivity contribution < 1.29 is 13.6 Å². The molecule has 2 nitrogen and oxygen atoms in total. The molecule has 5 heteroatoms. The minimum atomic E-state index is -0.993. The molecular weight excluding hydrogens is 292 g/mol. The monoisotopic (exact) mass is 305 g/mol. The van der Waals surface area contributed by atoms with Gasteiger partial charge in [0.25, 0.3) is 5.91 Å². The van der Waals surface area contributed by atoms with Crippen LogP contribution >= 0.6 is 15.9 Å². The van der Waals surface area contributed by atoms with Gasteiger partial charge in [-0.3, -0.25) is 4.79 Å². The van der Waals surface area contributed by atoms with Crippen LogP contribution in [-0.4, -0.2) is 29.2 Å². The fraction of sp³-hybridized carbons (Fsp3) is 0.417. The third-order valence-corrected chi connectivity index (χ3v) is 2.96. The van der Waals surface area contributed by atoms with E-state index in [0.717, 1.165) is 23.9 Å². The Morgan fingerprint density at radius 3 is 2.59 bits per heavy atom. The number of carbonyl (C=O) groups excluding carboxylic acids is 1. The predicted octanol–water partition coefficient (Wildman–Crippen LogP) is 3.21. The first kappa shape index (κ1) is 14.1. The molecule has 0 saturated carbocycles. The lowest BCUT2D eigenvalue weighted by molar-refractivity contribution is 0.0764. The van der Waals surface area contributed by atoms with Gasteiger partial charge in [0.2, 0.25) is 0 Å². The summed E-state index contributed by atoms with van der Waals surface area (Å²) in [7, 11) is 0. The Morgan fingerprint density at radius 2 is 2.06 bits per heavy atom. The van der Waals surface area contributed by atoms with E-state index in [4.69, 9.17) is 0 Å². The highest BCUT2D eigenvalue weighted by molar-refractivity contribution is 9.09. The number of hydrogen-bond donors (Lipinski definition) is 0. The van der Waals surface area contributed by atoms with E-state index in [-0.39, 0.29) is 11.5 Å². The van der Waals surface area contributed by atoms with Crippen molar-refractivity contribution in [3.63, 3.8) is 0 Å². The van der Waals surface area contributed by atoms with Crippen molar-refractivity contribution in [2.75, 3.05) is 18.4 Å². The molecule has 94 valence electrons. The van der Waals surface area contributed by atoms with Crippen molar-refractivity contribution in [1.82, 2.24) is 4.90 Å². The number of alkyl halides is 1. The summed E-state index contributed by atoms with van der Waals surface area (Å²) in [5.74, 6) is -2.20. The first-order chi connectivity index (χ1) is 8.10. The fourth-order valence-electron chi connectivity index (χ4n) is 1.47. The van der Waals surface area contributed by atoms with Crippen LogP contribution in [-0.2, 0) is 0 Å². The van der Waals surface area contributed by atoms with Gasteiger partial charge in [0.05, 0.1) is 0 Å². The number of amides is 1. The fourth-order valence-corrected chi connectivity index (χ4v) is 1.72. The van der Waals surface area contributed by atoms with Gasteiger partial charge in [-0.2, -0.15) is 0 Å². The van der Waals surface area contributed by atoms with Gasteiger partial charge in [-0.15, -0.1) is 0 Å². The molecule has 0 spiro atoms. The average Bonchev–Trinajstić information content (AvgIpc) is 2.33. The van der Waals surface area contributed by atoms with Crippen molar-refractivity contribution in [1.29, 1.82) is 0 Å². The number of carbonyl (C=O) groups is 1. The highest BCUT2D eigenvalue weighted by Crippen LogP contribution is 2.11. The lowest BCUT2D eigenvalue weighted by Gasteiger charge is -2.20. The second-order valence-corrected chi connectivity index (χ2v) is 4.35. The van der Waals surface area contributed by atoms with Gasteiger partial charge in [-0.05, 0) is 31.5 Å². The molecule has 1 aromatic rings. The molecule has 0 aromatic heterocycles. The minimum Gasteiger partial charge on any atom is -0.339 e. The SMILES string of the molecule is CCN(CCCBr)C(=O)c1ccc(F)c(F)c1. The molecule has 1 rings (SSSR count). The zero-order valence-corrected chi connectivity index (χ0v) is 11.1. The third kappa shape index (κ3) is 3.77. The molecule has 0 bridgehead atoms. The van der Waals surface area contributed by atoms with E-state index in [0.29, 0.717) is 13.1 Å². The summed E-state index contributed by atoms with van der Waals surface area (Å²) in [6.45, 7) is 3.00. The maximum absolute atomic E-state index is 13.0. The quantitative estimate of drug-likeness (QED) is 0.765. The summed E-state index contributed by atoms with van der Waals surface area (Å²) in [4.78, 5) is 13.6. The van der Waals surface area contributed by atoms with Crippen molar-refractivity contribution in [2.45, 2.75) is 13.3 Å². The Labute approximate surface area is 108 Å². The Hall–Kier alpha value is -0.970. The summed E-state index contributed by atoms with van der Waals surface area (Å²) in [6.07, 6.45) is 0.823. The summed E-state index contributed by atoms with van der Waals surface area (Å²) in [5, 5.41) is 0.800. The Bertz CT molecular complexity index is 398. The topological polar surface area (TPSA) is 20.3 Å². The zero-order valence-electron chi connectivity index (χ0n) is 9.55. The molecule has 0 aliphatic carbocycles. The van der Waals surface area contributed by atoms with Gasteiger partial charge in [-0.25, -0.2) is 8.78 Å². The second-order valence-electron chi connectivity index (χ2n) is 3.56. The number of nitrogens with zero attached hydrogens (tertiary/aromatic N) is 1. The summed E-state index contributed by atoms with van der Waals surface area (Å²) in [6, 6.07) is 3.22. The van der Waals surface area contributed by atoms with E-state index in [1.165, 1.54) is 6.07 Å². The van der Waals surface area contributed by atoms with Crippen LogP contribution in [0.15, 0.2) is 18.2 Å². The first-order valence-corrected chi connectivity index (χ1v) is 6.52. The van der Waals surface area contributed by atoms with Gasteiger partial charge in [0, 0.05) is 24.0 Å². The Balaban J connectivity index is 2.82.